The zero-order valence-corrected chi connectivity index (χ0v) is 9.83. The third-order valence-electron chi connectivity index (χ3n) is 2.43. The Bertz CT molecular complexity index is 394. The lowest BCUT2D eigenvalue weighted by molar-refractivity contribution is 0.122. The van der Waals surface area contributed by atoms with Gasteiger partial charge < -0.3 is 9.64 Å². The third-order valence-corrected chi connectivity index (χ3v) is 3.06. The highest BCUT2D eigenvalue weighted by Crippen LogP contribution is 2.27. The summed E-state index contributed by atoms with van der Waals surface area (Å²) in [6.07, 6.45) is 0. The molecule has 0 unspecified atom stereocenters. The van der Waals surface area contributed by atoms with Crippen molar-refractivity contribution in [3.05, 3.63) is 28.2 Å². The zero-order valence-electron chi connectivity index (χ0n) is 8.24. The summed E-state index contributed by atoms with van der Waals surface area (Å²) in [7, 11) is 0. The Hall–Kier alpha value is -1.05. The van der Waals surface area contributed by atoms with Crippen LogP contribution in [0.15, 0.2) is 22.7 Å². The minimum Gasteiger partial charge on any atom is -0.378 e. The Kier molecular flexibility index (Phi) is 3.24. The molecule has 0 saturated carbocycles. The zero-order chi connectivity index (χ0) is 10.7. The fraction of sp³-hybridized carbons (Fsp3) is 0.364. The number of halogens is 1. The van der Waals surface area contributed by atoms with E-state index in [2.05, 4.69) is 26.9 Å². The molecule has 0 aromatic heterocycles. The Morgan fingerprint density at radius 2 is 2.07 bits per heavy atom. The average Bonchev–Trinajstić information content (AvgIpc) is 2.30. The van der Waals surface area contributed by atoms with Crippen molar-refractivity contribution >= 4 is 21.6 Å². The van der Waals surface area contributed by atoms with Crippen molar-refractivity contribution in [1.29, 1.82) is 5.26 Å². The summed E-state index contributed by atoms with van der Waals surface area (Å²) in [5.41, 5.74) is 1.82. The molecule has 0 N–H and O–H groups in total. The first-order valence-electron chi connectivity index (χ1n) is 4.83. The monoisotopic (exact) mass is 266 g/mol. The average molecular weight is 267 g/mol. The fourth-order valence-corrected chi connectivity index (χ4v) is 2.27. The number of hydrogen-bond acceptors (Lipinski definition) is 3. The summed E-state index contributed by atoms with van der Waals surface area (Å²) in [4.78, 5) is 2.26. The predicted molar refractivity (Wildman–Crippen MR) is 61.9 cm³/mol. The molecule has 78 valence electrons. The molecule has 1 heterocycles. The summed E-state index contributed by atoms with van der Waals surface area (Å²) >= 11 is 3.49. The smallest absolute Gasteiger partial charge is 0.0992 e. The summed E-state index contributed by atoms with van der Waals surface area (Å²) in [6, 6.07) is 7.80. The second kappa shape index (κ2) is 4.65. The van der Waals surface area contributed by atoms with Crippen LogP contribution in [0, 0.1) is 11.3 Å². The molecule has 1 aliphatic rings. The van der Waals surface area contributed by atoms with Crippen LogP contribution in [0.3, 0.4) is 0 Å². The lowest BCUT2D eigenvalue weighted by Gasteiger charge is -2.29. The fourth-order valence-electron chi connectivity index (χ4n) is 1.64. The number of nitrogens with zero attached hydrogens (tertiary/aromatic N) is 2. The van der Waals surface area contributed by atoms with Gasteiger partial charge in [-0.15, -0.1) is 0 Å². The van der Waals surface area contributed by atoms with Crippen LogP contribution in [0.2, 0.25) is 0 Å². The maximum absolute atomic E-state index is 8.76. The molecule has 0 atom stereocenters. The maximum Gasteiger partial charge on any atom is 0.0992 e. The van der Waals surface area contributed by atoms with E-state index in [0.29, 0.717) is 5.56 Å². The number of hydrogen-bond donors (Lipinski definition) is 0. The van der Waals surface area contributed by atoms with Crippen LogP contribution in [0.25, 0.3) is 0 Å². The van der Waals surface area contributed by atoms with Crippen LogP contribution in [-0.4, -0.2) is 26.3 Å². The van der Waals surface area contributed by atoms with E-state index >= 15 is 0 Å². The molecule has 3 nitrogen and oxygen atoms in total. The van der Waals surface area contributed by atoms with Crippen LogP contribution in [0.1, 0.15) is 5.56 Å². The van der Waals surface area contributed by atoms with Crippen molar-refractivity contribution in [3.8, 4) is 6.07 Å². The largest absolute Gasteiger partial charge is 0.378 e. The number of morpholine rings is 1. The summed E-state index contributed by atoms with van der Waals surface area (Å²) < 4.78 is 6.27. The Morgan fingerprint density at radius 1 is 1.33 bits per heavy atom. The number of ether oxygens (including phenoxy) is 1. The Balaban J connectivity index is 2.24. The van der Waals surface area contributed by atoms with E-state index in [1.807, 2.05) is 18.2 Å². The van der Waals surface area contributed by atoms with Crippen molar-refractivity contribution < 1.29 is 4.74 Å². The van der Waals surface area contributed by atoms with Gasteiger partial charge in [0.2, 0.25) is 0 Å². The van der Waals surface area contributed by atoms with E-state index in [-0.39, 0.29) is 0 Å². The molecule has 2 rings (SSSR count). The standard InChI is InChI=1S/C11H11BrN2O/c12-10-7-9(8-13)1-2-11(10)14-3-5-15-6-4-14/h1-2,7H,3-6H2. The molecule has 0 amide bonds. The second-order valence-electron chi connectivity index (χ2n) is 3.38. The molecule has 4 heteroatoms. The van der Waals surface area contributed by atoms with Crippen molar-refractivity contribution in [2.24, 2.45) is 0 Å². The van der Waals surface area contributed by atoms with Crippen molar-refractivity contribution in [1.82, 2.24) is 0 Å². The molecule has 1 fully saturated rings. The first-order chi connectivity index (χ1) is 7.31. The molecule has 1 saturated heterocycles. The lowest BCUT2D eigenvalue weighted by Crippen LogP contribution is -2.36. The highest BCUT2D eigenvalue weighted by atomic mass is 79.9. The molecule has 0 aliphatic carbocycles. The molecule has 1 aromatic rings. The SMILES string of the molecule is N#Cc1ccc(N2CCOCC2)c(Br)c1. The molecular weight excluding hydrogens is 256 g/mol. The highest BCUT2D eigenvalue weighted by molar-refractivity contribution is 9.10. The minimum atomic E-state index is 0.680. The molecule has 1 aromatic carbocycles. The Morgan fingerprint density at radius 3 is 2.67 bits per heavy atom. The van der Waals surface area contributed by atoms with Crippen LogP contribution < -0.4 is 4.90 Å². The molecular formula is C11H11BrN2O. The van der Waals surface area contributed by atoms with E-state index in [1.165, 1.54) is 0 Å². The summed E-state index contributed by atoms with van der Waals surface area (Å²) in [5, 5.41) is 8.76. The molecule has 0 spiro atoms. The van der Waals surface area contributed by atoms with E-state index < -0.39 is 0 Å². The van der Waals surface area contributed by atoms with Gasteiger partial charge in [0.1, 0.15) is 0 Å². The van der Waals surface area contributed by atoms with Gasteiger partial charge in [0.05, 0.1) is 30.5 Å². The van der Waals surface area contributed by atoms with Crippen molar-refractivity contribution in [3.63, 3.8) is 0 Å². The van der Waals surface area contributed by atoms with Crippen molar-refractivity contribution in [2.45, 2.75) is 0 Å². The normalized spacial score (nSPS) is 16.1. The second-order valence-corrected chi connectivity index (χ2v) is 4.23. The summed E-state index contributed by atoms with van der Waals surface area (Å²) in [6.45, 7) is 3.36. The Labute approximate surface area is 97.4 Å². The minimum absolute atomic E-state index is 0.680. The first kappa shape index (κ1) is 10.5. The van der Waals surface area contributed by atoms with Gasteiger partial charge in [-0.3, -0.25) is 0 Å². The van der Waals surface area contributed by atoms with Crippen LogP contribution >= 0.6 is 15.9 Å². The molecule has 1 aliphatic heterocycles. The topological polar surface area (TPSA) is 36.3 Å². The van der Waals surface area contributed by atoms with Gasteiger partial charge in [0.15, 0.2) is 0 Å². The quantitative estimate of drug-likeness (QED) is 0.782. The lowest BCUT2D eigenvalue weighted by atomic mass is 10.2. The van der Waals surface area contributed by atoms with Gasteiger partial charge in [-0.2, -0.15) is 5.26 Å². The van der Waals surface area contributed by atoms with Crippen molar-refractivity contribution in [2.75, 3.05) is 31.2 Å². The van der Waals surface area contributed by atoms with E-state index in [0.717, 1.165) is 36.5 Å². The first-order valence-corrected chi connectivity index (χ1v) is 5.63. The van der Waals surface area contributed by atoms with Gasteiger partial charge in [-0.05, 0) is 34.1 Å². The van der Waals surface area contributed by atoms with Crippen LogP contribution in [0.4, 0.5) is 5.69 Å². The van der Waals surface area contributed by atoms with Gasteiger partial charge in [-0.25, -0.2) is 0 Å². The third kappa shape index (κ3) is 2.31. The number of rotatable bonds is 1. The van der Waals surface area contributed by atoms with Gasteiger partial charge in [0, 0.05) is 17.6 Å². The van der Waals surface area contributed by atoms with E-state index in [4.69, 9.17) is 10.00 Å². The van der Waals surface area contributed by atoms with E-state index in [9.17, 15) is 0 Å². The molecule has 15 heavy (non-hydrogen) atoms. The number of benzene rings is 1. The maximum atomic E-state index is 8.76. The van der Waals surface area contributed by atoms with Gasteiger partial charge in [-0.1, -0.05) is 0 Å². The number of anilines is 1. The van der Waals surface area contributed by atoms with E-state index in [1.54, 1.807) is 0 Å². The highest BCUT2D eigenvalue weighted by Gasteiger charge is 2.13. The molecule has 0 bridgehead atoms. The van der Waals surface area contributed by atoms with Crippen LogP contribution in [0.5, 0.6) is 0 Å². The summed E-state index contributed by atoms with van der Waals surface area (Å²) in [5.74, 6) is 0. The molecule has 0 radical (unpaired) electrons. The van der Waals surface area contributed by atoms with Crippen LogP contribution in [-0.2, 0) is 4.74 Å². The van der Waals surface area contributed by atoms with Gasteiger partial charge >= 0.3 is 0 Å². The predicted octanol–water partition coefficient (Wildman–Crippen LogP) is 2.16. The van der Waals surface area contributed by atoms with Gasteiger partial charge in [0.25, 0.3) is 0 Å². The number of nitriles is 1.